The first-order valence-corrected chi connectivity index (χ1v) is 6.74. The Morgan fingerprint density at radius 3 is 2.61 bits per heavy atom. The number of benzene rings is 1. The molecule has 1 heterocycles. The summed E-state index contributed by atoms with van der Waals surface area (Å²) in [5.41, 5.74) is 3.24. The molecular weight excluding hydrogens is 246 g/mol. The van der Waals surface area contributed by atoms with E-state index in [-0.39, 0.29) is 13.2 Å². The van der Waals surface area contributed by atoms with Gasteiger partial charge in [-0.05, 0) is 18.9 Å². The molecule has 0 unspecified atom stereocenters. The van der Waals surface area contributed by atoms with Gasteiger partial charge in [0, 0.05) is 16.5 Å². The molecule has 0 atom stereocenters. The lowest BCUT2D eigenvalue weighted by Crippen LogP contribution is -2.37. The van der Waals surface area contributed by atoms with Crippen molar-refractivity contribution < 1.29 is 10.2 Å². The van der Waals surface area contributed by atoms with Crippen LogP contribution in [0.25, 0.3) is 0 Å². The molecule has 2 rings (SSSR count). The molecule has 18 heavy (non-hydrogen) atoms. The summed E-state index contributed by atoms with van der Waals surface area (Å²) in [6, 6.07) is 7.95. The molecule has 3 nitrogen and oxygen atoms in total. The number of nitrogens with zero attached hydrogens (tertiary/aromatic N) is 1. The Bertz CT molecular complexity index is 492. The first-order valence-electron chi connectivity index (χ1n) is 5.86. The van der Waals surface area contributed by atoms with Crippen LogP contribution < -0.4 is 0 Å². The topological polar surface area (TPSA) is 53.4 Å². The van der Waals surface area contributed by atoms with Crippen LogP contribution in [0.15, 0.2) is 36.0 Å². The van der Waals surface area contributed by atoms with E-state index in [2.05, 4.69) is 4.98 Å². The number of hydrogen-bond donors (Lipinski definition) is 2. The summed E-state index contributed by atoms with van der Waals surface area (Å²) in [6.07, 6.45) is 2.40. The second-order valence-electron chi connectivity index (χ2n) is 4.61. The molecule has 4 heteroatoms. The Hall–Kier alpha value is -1.23. The fourth-order valence-electron chi connectivity index (χ4n) is 2.08. The quantitative estimate of drug-likeness (QED) is 0.866. The highest BCUT2D eigenvalue weighted by Crippen LogP contribution is 2.29. The van der Waals surface area contributed by atoms with Crippen molar-refractivity contribution in [3.63, 3.8) is 0 Å². The van der Waals surface area contributed by atoms with E-state index in [1.807, 2.05) is 31.2 Å². The number of aliphatic hydroxyl groups excluding tert-OH is 2. The molecule has 0 saturated heterocycles. The number of aliphatic hydroxyl groups is 2. The lowest BCUT2D eigenvalue weighted by Gasteiger charge is -2.30. The average molecular weight is 263 g/mol. The van der Waals surface area contributed by atoms with Gasteiger partial charge in [0.05, 0.1) is 18.7 Å². The Morgan fingerprint density at radius 2 is 2.06 bits per heavy atom. The number of thiazole rings is 1. The fourth-order valence-corrected chi connectivity index (χ4v) is 2.82. The highest BCUT2D eigenvalue weighted by Gasteiger charge is 2.32. The van der Waals surface area contributed by atoms with Crippen molar-refractivity contribution in [3.05, 3.63) is 52.0 Å². The van der Waals surface area contributed by atoms with E-state index in [9.17, 15) is 10.2 Å². The van der Waals surface area contributed by atoms with E-state index in [0.29, 0.717) is 6.42 Å². The fraction of sp³-hybridized carbons (Fsp3) is 0.357. The van der Waals surface area contributed by atoms with Crippen LogP contribution in [0, 0.1) is 6.92 Å². The van der Waals surface area contributed by atoms with E-state index in [1.165, 1.54) is 0 Å². The lowest BCUT2D eigenvalue weighted by molar-refractivity contribution is 0.117. The Balaban J connectivity index is 2.37. The minimum atomic E-state index is -0.626. The molecule has 0 aliphatic rings. The van der Waals surface area contributed by atoms with Gasteiger partial charge in [-0.15, -0.1) is 11.3 Å². The molecule has 0 amide bonds. The van der Waals surface area contributed by atoms with Crippen LogP contribution in [-0.2, 0) is 11.8 Å². The lowest BCUT2D eigenvalue weighted by atomic mass is 9.78. The minimum absolute atomic E-state index is 0.0785. The van der Waals surface area contributed by atoms with Gasteiger partial charge in [0.1, 0.15) is 0 Å². The largest absolute Gasteiger partial charge is 0.395 e. The molecule has 0 spiro atoms. The van der Waals surface area contributed by atoms with Crippen LogP contribution in [0.3, 0.4) is 0 Å². The van der Waals surface area contributed by atoms with Crippen molar-refractivity contribution in [3.8, 4) is 0 Å². The van der Waals surface area contributed by atoms with Crippen molar-refractivity contribution >= 4 is 11.3 Å². The monoisotopic (exact) mass is 263 g/mol. The van der Waals surface area contributed by atoms with Crippen molar-refractivity contribution in [2.24, 2.45) is 0 Å². The number of rotatable bonds is 5. The summed E-state index contributed by atoms with van der Waals surface area (Å²) in [5, 5.41) is 19.5. The van der Waals surface area contributed by atoms with Crippen LogP contribution in [0.4, 0.5) is 0 Å². The summed E-state index contributed by atoms with van der Waals surface area (Å²) < 4.78 is 0. The third kappa shape index (κ3) is 2.61. The van der Waals surface area contributed by atoms with Crippen LogP contribution in [0.1, 0.15) is 16.0 Å². The maximum absolute atomic E-state index is 9.74. The predicted molar refractivity (Wildman–Crippen MR) is 72.8 cm³/mol. The van der Waals surface area contributed by atoms with Gasteiger partial charge >= 0.3 is 0 Å². The van der Waals surface area contributed by atoms with E-state index < -0.39 is 5.41 Å². The van der Waals surface area contributed by atoms with E-state index in [1.54, 1.807) is 23.0 Å². The molecule has 0 fully saturated rings. The van der Waals surface area contributed by atoms with Gasteiger partial charge in [-0.1, -0.05) is 29.8 Å². The smallest absolute Gasteiger partial charge is 0.0794 e. The van der Waals surface area contributed by atoms with Gasteiger partial charge in [0.25, 0.3) is 0 Å². The third-order valence-electron chi connectivity index (χ3n) is 3.23. The van der Waals surface area contributed by atoms with Crippen molar-refractivity contribution in [2.75, 3.05) is 13.2 Å². The van der Waals surface area contributed by atoms with Crippen molar-refractivity contribution in [2.45, 2.75) is 18.8 Å². The zero-order valence-electron chi connectivity index (χ0n) is 10.3. The molecule has 0 aliphatic heterocycles. The summed E-state index contributed by atoms with van der Waals surface area (Å²) in [7, 11) is 0. The number of aromatic nitrogens is 1. The van der Waals surface area contributed by atoms with Gasteiger partial charge < -0.3 is 10.2 Å². The van der Waals surface area contributed by atoms with Gasteiger partial charge in [-0.2, -0.15) is 0 Å². The second kappa shape index (κ2) is 5.61. The van der Waals surface area contributed by atoms with Crippen LogP contribution in [0.5, 0.6) is 0 Å². The number of aryl methyl sites for hydroxylation is 1. The summed E-state index contributed by atoms with van der Waals surface area (Å²) in [4.78, 5) is 5.11. The van der Waals surface area contributed by atoms with Gasteiger partial charge in [0.2, 0.25) is 0 Å². The summed E-state index contributed by atoms with van der Waals surface area (Å²) in [5.74, 6) is 0. The molecule has 2 N–H and O–H groups in total. The Kier molecular flexibility index (Phi) is 4.11. The molecule has 0 saturated carbocycles. The Morgan fingerprint density at radius 1 is 1.28 bits per heavy atom. The highest BCUT2D eigenvalue weighted by molar-refractivity contribution is 7.09. The van der Waals surface area contributed by atoms with Crippen LogP contribution in [0.2, 0.25) is 0 Å². The maximum atomic E-state index is 9.74. The molecule has 0 bridgehead atoms. The first kappa shape index (κ1) is 13.2. The highest BCUT2D eigenvalue weighted by atomic mass is 32.1. The summed E-state index contributed by atoms with van der Waals surface area (Å²) >= 11 is 1.55. The average Bonchev–Trinajstić information content (AvgIpc) is 2.89. The zero-order chi connectivity index (χ0) is 13.0. The van der Waals surface area contributed by atoms with Crippen molar-refractivity contribution in [1.82, 2.24) is 4.98 Å². The standard InChI is InChI=1S/C14H17NO2S/c1-11-3-2-4-12(5-11)14(8-16,9-17)6-13-7-15-10-18-13/h2-5,7,10,16-17H,6,8-9H2,1H3. The third-order valence-corrected chi connectivity index (χ3v) is 4.01. The molecular formula is C14H17NO2S. The first-order chi connectivity index (χ1) is 8.70. The molecule has 0 aliphatic carbocycles. The summed E-state index contributed by atoms with van der Waals surface area (Å²) in [6.45, 7) is 1.85. The van der Waals surface area contributed by atoms with Gasteiger partial charge in [0.15, 0.2) is 0 Å². The second-order valence-corrected chi connectivity index (χ2v) is 5.58. The van der Waals surface area contributed by atoms with E-state index in [4.69, 9.17) is 0 Å². The molecule has 0 radical (unpaired) electrons. The van der Waals surface area contributed by atoms with E-state index in [0.717, 1.165) is 16.0 Å². The minimum Gasteiger partial charge on any atom is -0.395 e. The normalized spacial score (nSPS) is 11.7. The van der Waals surface area contributed by atoms with Crippen molar-refractivity contribution in [1.29, 1.82) is 0 Å². The molecule has 1 aromatic heterocycles. The SMILES string of the molecule is Cc1cccc(C(CO)(CO)Cc2cncs2)c1. The van der Waals surface area contributed by atoms with E-state index >= 15 is 0 Å². The molecule has 2 aromatic rings. The maximum Gasteiger partial charge on any atom is 0.0794 e. The Labute approximate surface area is 111 Å². The molecule has 1 aromatic carbocycles. The number of hydrogen-bond acceptors (Lipinski definition) is 4. The van der Waals surface area contributed by atoms with Gasteiger partial charge in [-0.25, -0.2) is 0 Å². The zero-order valence-corrected chi connectivity index (χ0v) is 11.2. The van der Waals surface area contributed by atoms with Crippen LogP contribution >= 0.6 is 11.3 Å². The van der Waals surface area contributed by atoms with Crippen LogP contribution in [-0.4, -0.2) is 28.4 Å². The predicted octanol–water partition coefficient (Wildman–Crippen LogP) is 1.92. The van der Waals surface area contributed by atoms with Gasteiger partial charge in [-0.3, -0.25) is 4.98 Å². The molecule has 96 valence electrons.